The van der Waals surface area contributed by atoms with E-state index in [4.69, 9.17) is 4.42 Å². The molecule has 1 aromatic heterocycles. The Labute approximate surface area is 215 Å². The SMILES string of the molecule is O=C1[C@H]2C3c4ccccc4C(c4ccccc43)[C@@H]2C(=O)N1/N=C\c1ccc(-c2cccc(C(F)(F)F)c2)o1. The smallest absolute Gasteiger partial charge is 0.416 e. The zero-order valence-corrected chi connectivity index (χ0v) is 19.7. The molecule has 1 aliphatic heterocycles. The average Bonchev–Trinajstić information content (AvgIpc) is 3.50. The number of carbonyl (C=O) groups is 2. The summed E-state index contributed by atoms with van der Waals surface area (Å²) in [7, 11) is 0. The lowest BCUT2D eigenvalue weighted by Crippen LogP contribution is -2.41. The maximum atomic E-state index is 13.6. The topological polar surface area (TPSA) is 62.9 Å². The Morgan fingerprint density at radius 2 is 1.29 bits per heavy atom. The van der Waals surface area contributed by atoms with Crippen molar-refractivity contribution in [2.75, 3.05) is 0 Å². The number of amides is 2. The fourth-order valence-corrected chi connectivity index (χ4v) is 6.32. The normalized spacial score (nSPS) is 23.6. The number of imide groups is 1. The molecule has 0 unspecified atom stereocenters. The van der Waals surface area contributed by atoms with Crippen molar-refractivity contribution < 1.29 is 27.2 Å². The van der Waals surface area contributed by atoms with Crippen molar-refractivity contribution >= 4 is 18.0 Å². The summed E-state index contributed by atoms with van der Waals surface area (Å²) < 4.78 is 45.0. The van der Waals surface area contributed by atoms with Crippen LogP contribution in [0.4, 0.5) is 13.2 Å². The van der Waals surface area contributed by atoms with Gasteiger partial charge in [-0.3, -0.25) is 9.59 Å². The van der Waals surface area contributed by atoms with Crippen LogP contribution < -0.4 is 0 Å². The molecule has 8 heteroatoms. The van der Waals surface area contributed by atoms with Crippen LogP contribution in [0, 0.1) is 11.8 Å². The summed E-state index contributed by atoms with van der Waals surface area (Å²) in [6.07, 6.45) is -3.22. The molecule has 4 aromatic rings. The van der Waals surface area contributed by atoms with Gasteiger partial charge in [0.15, 0.2) is 0 Å². The monoisotopic (exact) mass is 512 g/mol. The number of rotatable bonds is 3. The second-order valence-corrected chi connectivity index (χ2v) is 9.78. The van der Waals surface area contributed by atoms with Gasteiger partial charge in [-0.1, -0.05) is 60.7 Å². The lowest BCUT2D eigenvalue weighted by molar-refractivity contribution is -0.140. The van der Waals surface area contributed by atoms with Gasteiger partial charge in [-0.2, -0.15) is 23.3 Å². The van der Waals surface area contributed by atoms with Crippen LogP contribution in [-0.2, 0) is 15.8 Å². The number of hydrazone groups is 1. The molecular formula is C30H19F3N2O3. The molecule has 5 nitrogen and oxygen atoms in total. The number of nitrogens with zero attached hydrogens (tertiary/aromatic N) is 2. The lowest BCUT2D eigenvalue weighted by atomic mass is 9.55. The summed E-state index contributed by atoms with van der Waals surface area (Å²) in [6, 6.07) is 23.8. The highest BCUT2D eigenvalue weighted by molar-refractivity contribution is 6.08. The molecule has 38 heavy (non-hydrogen) atoms. The summed E-state index contributed by atoms with van der Waals surface area (Å²) in [4.78, 5) is 27.2. The molecule has 0 spiro atoms. The molecule has 0 radical (unpaired) electrons. The van der Waals surface area contributed by atoms with Crippen molar-refractivity contribution in [2.24, 2.45) is 16.9 Å². The molecule has 0 saturated carbocycles. The van der Waals surface area contributed by atoms with Gasteiger partial charge in [-0.25, -0.2) is 0 Å². The lowest BCUT2D eigenvalue weighted by Gasteiger charge is -2.45. The number of furan rings is 1. The number of hydrogen-bond donors (Lipinski definition) is 0. The van der Waals surface area contributed by atoms with E-state index in [9.17, 15) is 22.8 Å². The number of halogens is 3. The Kier molecular flexibility index (Phi) is 4.79. The van der Waals surface area contributed by atoms with E-state index in [2.05, 4.69) is 5.10 Å². The fourth-order valence-electron chi connectivity index (χ4n) is 6.32. The van der Waals surface area contributed by atoms with Gasteiger partial charge in [0.25, 0.3) is 11.8 Å². The van der Waals surface area contributed by atoms with E-state index >= 15 is 0 Å². The summed E-state index contributed by atoms with van der Waals surface area (Å²) in [5.74, 6) is -1.86. The van der Waals surface area contributed by atoms with Crippen LogP contribution in [0.15, 0.2) is 94.4 Å². The number of carbonyl (C=O) groups excluding carboxylic acids is 2. The third kappa shape index (κ3) is 3.22. The summed E-state index contributed by atoms with van der Waals surface area (Å²) in [5.41, 5.74) is 3.75. The molecule has 2 bridgehead atoms. The Morgan fingerprint density at radius 1 is 0.737 bits per heavy atom. The van der Waals surface area contributed by atoms with Gasteiger partial charge in [0, 0.05) is 17.4 Å². The minimum absolute atomic E-state index is 0.211. The first kappa shape index (κ1) is 22.7. The molecule has 0 N–H and O–H groups in total. The summed E-state index contributed by atoms with van der Waals surface area (Å²) >= 11 is 0. The molecule has 2 amide bonds. The highest BCUT2D eigenvalue weighted by Crippen LogP contribution is 2.60. The molecule has 1 saturated heterocycles. The maximum absolute atomic E-state index is 13.6. The number of hydrogen-bond acceptors (Lipinski definition) is 4. The second kappa shape index (κ2) is 8.02. The first-order valence-corrected chi connectivity index (χ1v) is 12.2. The van der Waals surface area contributed by atoms with Crippen LogP contribution in [0.25, 0.3) is 11.3 Å². The van der Waals surface area contributed by atoms with E-state index in [1.807, 2.05) is 48.5 Å². The van der Waals surface area contributed by atoms with Gasteiger partial charge in [0.2, 0.25) is 0 Å². The standard InChI is InChI=1S/C30H19F3N2O3/c31-30(32,33)17-7-5-6-16(14-17)23-13-12-18(38-23)15-34-35-28(36)26-24-19-8-1-2-9-20(19)25(27(26)29(35)37)22-11-4-3-10-21(22)24/h1-15,24-27H/b34-15-/t24?,25?,26-,27-/m0/s1. The Bertz CT molecular complexity index is 1540. The van der Waals surface area contributed by atoms with Gasteiger partial charge in [-0.05, 0) is 46.5 Å². The third-order valence-corrected chi connectivity index (χ3v) is 7.83. The fraction of sp³-hybridized carbons (Fsp3) is 0.167. The van der Waals surface area contributed by atoms with Gasteiger partial charge in [0.1, 0.15) is 11.5 Å². The summed E-state index contributed by atoms with van der Waals surface area (Å²) in [5, 5.41) is 5.13. The first-order chi connectivity index (χ1) is 18.3. The molecule has 3 aliphatic carbocycles. The maximum Gasteiger partial charge on any atom is 0.416 e. The summed E-state index contributed by atoms with van der Waals surface area (Å²) in [6.45, 7) is 0. The van der Waals surface area contributed by atoms with Crippen molar-refractivity contribution in [2.45, 2.75) is 18.0 Å². The van der Waals surface area contributed by atoms with E-state index in [0.29, 0.717) is 0 Å². The molecule has 2 atom stereocenters. The van der Waals surface area contributed by atoms with E-state index in [1.165, 1.54) is 30.5 Å². The van der Waals surface area contributed by atoms with Crippen molar-refractivity contribution in [3.63, 3.8) is 0 Å². The number of benzene rings is 3. The van der Waals surface area contributed by atoms with Crippen LogP contribution >= 0.6 is 0 Å². The minimum atomic E-state index is -4.47. The predicted molar refractivity (Wildman–Crippen MR) is 132 cm³/mol. The highest BCUT2D eigenvalue weighted by atomic mass is 19.4. The molecule has 8 rings (SSSR count). The quantitative estimate of drug-likeness (QED) is 0.243. The van der Waals surface area contributed by atoms with Gasteiger partial charge < -0.3 is 4.42 Å². The van der Waals surface area contributed by atoms with Crippen molar-refractivity contribution in [3.05, 3.63) is 119 Å². The average molecular weight is 512 g/mol. The largest absolute Gasteiger partial charge is 0.455 e. The van der Waals surface area contributed by atoms with Crippen LogP contribution in [-0.4, -0.2) is 23.0 Å². The molecule has 1 fully saturated rings. The third-order valence-electron chi connectivity index (χ3n) is 7.83. The van der Waals surface area contributed by atoms with E-state index in [1.54, 1.807) is 0 Å². The van der Waals surface area contributed by atoms with Gasteiger partial charge in [0.05, 0.1) is 23.6 Å². The van der Waals surface area contributed by atoms with E-state index in [-0.39, 0.29) is 40.7 Å². The zero-order chi connectivity index (χ0) is 26.2. The Hall–Kier alpha value is -4.46. The van der Waals surface area contributed by atoms with Crippen molar-refractivity contribution in [1.29, 1.82) is 0 Å². The Balaban J connectivity index is 1.20. The van der Waals surface area contributed by atoms with Crippen molar-refractivity contribution in [1.82, 2.24) is 5.01 Å². The van der Waals surface area contributed by atoms with Crippen molar-refractivity contribution in [3.8, 4) is 11.3 Å². The van der Waals surface area contributed by atoms with Gasteiger partial charge >= 0.3 is 6.18 Å². The van der Waals surface area contributed by atoms with E-state index < -0.39 is 23.6 Å². The minimum Gasteiger partial charge on any atom is -0.455 e. The van der Waals surface area contributed by atoms with Crippen LogP contribution in [0.2, 0.25) is 0 Å². The van der Waals surface area contributed by atoms with Crippen LogP contribution in [0.1, 0.15) is 45.4 Å². The molecule has 3 aromatic carbocycles. The Morgan fingerprint density at radius 3 is 1.82 bits per heavy atom. The number of alkyl halides is 3. The van der Waals surface area contributed by atoms with Crippen LogP contribution in [0.5, 0.6) is 0 Å². The predicted octanol–water partition coefficient (Wildman–Crippen LogP) is 6.19. The van der Waals surface area contributed by atoms with E-state index in [0.717, 1.165) is 39.4 Å². The first-order valence-electron chi connectivity index (χ1n) is 12.2. The zero-order valence-electron chi connectivity index (χ0n) is 19.7. The highest BCUT2D eigenvalue weighted by Gasteiger charge is 2.61. The molecule has 4 aliphatic rings. The molecule has 2 heterocycles. The molecule has 188 valence electrons. The van der Waals surface area contributed by atoms with Crippen LogP contribution in [0.3, 0.4) is 0 Å². The molecular weight excluding hydrogens is 493 g/mol. The van der Waals surface area contributed by atoms with Gasteiger partial charge in [-0.15, -0.1) is 0 Å². The second-order valence-electron chi connectivity index (χ2n) is 9.78.